The Hall–Kier alpha value is -1.00. The summed E-state index contributed by atoms with van der Waals surface area (Å²) in [6.07, 6.45) is 0.816. The van der Waals surface area contributed by atoms with Crippen molar-refractivity contribution in [2.75, 3.05) is 7.11 Å². The number of benzene rings is 1. The number of thiol groups is 1. The lowest BCUT2D eigenvalue weighted by Gasteiger charge is -1.99. The van der Waals surface area contributed by atoms with Crippen LogP contribution in [0.4, 0.5) is 0 Å². The second-order valence-electron chi connectivity index (χ2n) is 2.77. The third-order valence-corrected chi connectivity index (χ3v) is 3.42. The van der Waals surface area contributed by atoms with Crippen LogP contribution in [-0.2, 0) is 0 Å². The molecule has 0 bridgehead atoms. The van der Waals surface area contributed by atoms with Crippen LogP contribution in [0, 0.1) is 0 Å². The zero-order chi connectivity index (χ0) is 10.1. The molecule has 0 aliphatic heterocycles. The van der Waals surface area contributed by atoms with Crippen molar-refractivity contribution in [3.05, 3.63) is 23.1 Å². The molecule has 0 atom stereocenters. The summed E-state index contributed by atoms with van der Waals surface area (Å²) in [6, 6.07) is 5.75. The zero-order valence-electron chi connectivity index (χ0n) is 7.48. The van der Waals surface area contributed by atoms with Crippen LogP contribution in [0.15, 0.2) is 23.1 Å². The van der Waals surface area contributed by atoms with Gasteiger partial charge in [0.1, 0.15) is 10.6 Å². The molecule has 1 aromatic carbocycles. The van der Waals surface area contributed by atoms with E-state index < -0.39 is 0 Å². The second kappa shape index (κ2) is 3.63. The van der Waals surface area contributed by atoms with E-state index in [4.69, 9.17) is 4.74 Å². The number of hydrogen-bond donors (Lipinski definition) is 1. The van der Waals surface area contributed by atoms with Gasteiger partial charge in [0, 0.05) is 15.0 Å². The summed E-state index contributed by atoms with van der Waals surface area (Å²) >= 11 is 5.76. The quantitative estimate of drug-likeness (QED) is 0.627. The third-order valence-electron chi connectivity index (χ3n) is 1.99. The minimum atomic E-state index is 0.615. The van der Waals surface area contributed by atoms with Crippen molar-refractivity contribution in [1.29, 1.82) is 0 Å². The Kier molecular flexibility index (Phi) is 2.48. The monoisotopic (exact) mass is 224 g/mol. The molecule has 0 aliphatic carbocycles. The Labute approximate surface area is 90.9 Å². The van der Waals surface area contributed by atoms with Crippen LogP contribution in [0.25, 0.3) is 10.1 Å². The molecule has 0 radical (unpaired) electrons. The van der Waals surface area contributed by atoms with Crippen molar-refractivity contribution in [1.82, 2.24) is 0 Å². The molecule has 0 amide bonds. The molecule has 14 heavy (non-hydrogen) atoms. The number of hydrogen-bond acceptors (Lipinski definition) is 4. The number of carbonyl (C=O) groups is 1. The Morgan fingerprint density at radius 1 is 1.50 bits per heavy atom. The van der Waals surface area contributed by atoms with E-state index in [1.807, 2.05) is 18.2 Å². The summed E-state index contributed by atoms with van der Waals surface area (Å²) in [7, 11) is 1.56. The van der Waals surface area contributed by atoms with Crippen LogP contribution in [0.2, 0.25) is 0 Å². The molecule has 1 heterocycles. The number of ether oxygens (including phenoxy) is 1. The Morgan fingerprint density at radius 2 is 2.29 bits per heavy atom. The molecule has 0 fully saturated rings. The predicted octanol–water partition coefficient (Wildman–Crippen LogP) is 3.01. The fourth-order valence-electron chi connectivity index (χ4n) is 1.40. The molecular weight excluding hydrogens is 216 g/mol. The van der Waals surface area contributed by atoms with E-state index in [9.17, 15) is 4.79 Å². The van der Waals surface area contributed by atoms with E-state index in [2.05, 4.69) is 12.6 Å². The summed E-state index contributed by atoms with van der Waals surface area (Å²) < 4.78 is 6.23. The highest BCUT2D eigenvalue weighted by atomic mass is 32.1. The molecule has 0 saturated heterocycles. The van der Waals surface area contributed by atoms with Gasteiger partial charge in [-0.3, -0.25) is 4.79 Å². The molecule has 0 spiro atoms. The number of carbonyl (C=O) groups excluding carboxylic acids is 1. The molecule has 2 aromatic rings. The van der Waals surface area contributed by atoms with Crippen molar-refractivity contribution in [2.24, 2.45) is 0 Å². The fraction of sp³-hybridized carbons (Fsp3) is 0.100. The highest BCUT2D eigenvalue weighted by molar-refractivity contribution is 7.80. The largest absolute Gasteiger partial charge is 0.494 e. The maximum absolute atomic E-state index is 10.8. The summed E-state index contributed by atoms with van der Waals surface area (Å²) in [5.41, 5.74) is 0. The molecule has 2 nitrogen and oxygen atoms in total. The SMILES string of the molecule is COc1c(C=O)sc2cccc(S)c12. The predicted molar refractivity (Wildman–Crippen MR) is 61.0 cm³/mol. The Morgan fingerprint density at radius 3 is 2.93 bits per heavy atom. The summed E-state index contributed by atoms with van der Waals surface area (Å²) in [6.45, 7) is 0. The lowest BCUT2D eigenvalue weighted by atomic mass is 10.2. The summed E-state index contributed by atoms with van der Waals surface area (Å²) in [4.78, 5) is 12.2. The third kappa shape index (κ3) is 1.31. The van der Waals surface area contributed by atoms with Crippen molar-refractivity contribution >= 4 is 40.3 Å². The van der Waals surface area contributed by atoms with Crippen molar-refractivity contribution in [3.63, 3.8) is 0 Å². The minimum absolute atomic E-state index is 0.615. The molecule has 72 valence electrons. The van der Waals surface area contributed by atoms with Crippen LogP contribution in [-0.4, -0.2) is 13.4 Å². The molecule has 0 aliphatic rings. The number of rotatable bonds is 2. The maximum atomic E-state index is 10.8. The van der Waals surface area contributed by atoms with E-state index in [1.165, 1.54) is 11.3 Å². The molecule has 0 saturated carbocycles. The number of fused-ring (bicyclic) bond motifs is 1. The van der Waals surface area contributed by atoms with Gasteiger partial charge in [-0.2, -0.15) is 0 Å². The zero-order valence-corrected chi connectivity index (χ0v) is 9.19. The highest BCUT2D eigenvalue weighted by Gasteiger charge is 2.13. The first-order chi connectivity index (χ1) is 6.77. The van der Waals surface area contributed by atoms with Gasteiger partial charge >= 0.3 is 0 Å². The van der Waals surface area contributed by atoms with Gasteiger partial charge < -0.3 is 4.74 Å². The molecule has 2 rings (SSSR count). The highest BCUT2D eigenvalue weighted by Crippen LogP contribution is 2.39. The average Bonchev–Trinajstić information content (AvgIpc) is 2.56. The van der Waals surface area contributed by atoms with Gasteiger partial charge in [-0.05, 0) is 12.1 Å². The van der Waals surface area contributed by atoms with E-state index >= 15 is 0 Å². The van der Waals surface area contributed by atoms with E-state index in [0.717, 1.165) is 21.3 Å². The standard InChI is InChI=1S/C10H8O2S2/c1-12-10-8(5-11)14-7-4-2-3-6(13)9(7)10/h2-5,13H,1H3. The number of methoxy groups -OCH3 is 1. The van der Waals surface area contributed by atoms with Crippen LogP contribution in [0.1, 0.15) is 9.67 Å². The van der Waals surface area contributed by atoms with Gasteiger partial charge in [-0.25, -0.2) is 0 Å². The summed E-state index contributed by atoms with van der Waals surface area (Å²) in [5, 5.41) is 0.922. The fourth-order valence-corrected chi connectivity index (χ4v) is 2.80. The number of thiophene rings is 1. The van der Waals surface area contributed by atoms with Crippen LogP contribution < -0.4 is 4.74 Å². The maximum Gasteiger partial charge on any atom is 0.163 e. The van der Waals surface area contributed by atoms with Gasteiger partial charge in [0.15, 0.2) is 6.29 Å². The van der Waals surface area contributed by atoms with Gasteiger partial charge in [0.2, 0.25) is 0 Å². The normalized spacial score (nSPS) is 10.4. The van der Waals surface area contributed by atoms with Crippen LogP contribution in [0.3, 0.4) is 0 Å². The van der Waals surface area contributed by atoms with Gasteiger partial charge in [-0.15, -0.1) is 24.0 Å². The Balaban J connectivity index is 2.88. The van der Waals surface area contributed by atoms with Crippen molar-refractivity contribution < 1.29 is 9.53 Å². The topological polar surface area (TPSA) is 26.3 Å². The van der Waals surface area contributed by atoms with Crippen molar-refractivity contribution in [3.8, 4) is 5.75 Å². The molecule has 0 N–H and O–H groups in total. The molecule has 1 aromatic heterocycles. The molecule has 0 unspecified atom stereocenters. The smallest absolute Gasteiger partial charge is 0.163 e. The number of aldehydes is 1. The van der Waals surface area contributed by atoms with Gasteiger partial charge in [0.05, 0.1) is 7.11 Å². The average molecular weight is 224 g/mol. The lowest BCUT2D eigenvalue weighted by molar-refractivity contribution is 0.112. The minimum Gasteiger partial charge on any atom is -0.494 e. The van der Waals surface area contributed by atoms with Crippen molar-refractivity contribution in [2.45, 2.75) is 4.90 Å². The molecular formula is C10H8O2S2. The molecule has 4 heteroatoms. The van der Waals surface area contributed by atoms with E-state index in [1.54, 1.807) is 7.11 Å². The van der Waals surface area contributed by atoms with E-state index in [-0.39, 0.29) is 0 Å². The first-order valence-electron chi connectivity index (χ1n) is 4.01. The van der Waals surface area contributed by atoms with Crippen LogP contribution >= 0.6 is 24.0 Å². The first-order valence-corrected chi connectivity index (χ1v) is 5.28. The van der Waals surface area contributed by atoms with Gasteiger partial charge in [0.25, 0.3) is 0 Å². The first kappa shape index (κ1) is 9.55. The Bertz CT molecular complexity index is 488. The summed E-state index contributed by atoms with van der Waals surface area (Å²) in [5.74, 6) is 0.630. The van der Waals surface area contributed by atoms with E-state index in [0.29, 0.717) is 10.6 Å². The van der Waals surface area contributed by atoms with Gasteiger partial charge in [-0.1, -0.05) is 6.07 Å². The van der Waals surface area contributed by atoms with Crippen LogP contribution in [0.5, 0.6) is 5.75 Å². The lowest BCUT2D eigenvalue weighted by Crippen LogP contribution is -1.85. The second-order valence-corrected chi connectivity index (χ2v) is 4.33.